The van der Waals surface area contributed by atoms with Gasteiger partial charge in [-0.1, -0.05) is 0 Å². The van der Waals surface area contributed by atoms with Crippen molar-refractivity contribution in [2.75, 3.05) is 52.2 Å². The Balaban J connectivity index is 0.000000753. The van der Waals surface area contributed by atoms with Gasteiger partial charge in [0.1, 0.15) is 33.6 Å². The van der Waals surface area contributed by atoms with Gasteiger partial charge in [0.15, 0.2) is 12.3 Å². The SMILES string of the molecule is CCN(CC)c1ccc2c(O)c(/C=C/C3=[N+](CCCCCC(=O)O)c4ccc(S(=O)(=O)[O-])cc4C3(C)C)c(=O)oc2c1.C[N+](C)(C)CC(=O)O. The standard InChI is InChI=1S/C31H36N2O8S.C5H11NO2/c1-5-32(6-2)20-11-13-22-26(18-20)41-30(37)23(29(22)36)14-16-27-31(3,4)24-19-21(42(38,39)40)12-15-25(24)33(27)17-9-7-8-10-28(34)35;1-6(2,3)4-5(7)8/h11-16,18-19H,5-10,17H2,1-4H3,(H2,34,35,38,39,40);4H2,1-3H3/p+1. The molecule has 3 aromatic rings. The van der Waals surface area contributed by atoms with E-state index in [9.17, 15) is 32.5 Å². The molecule has 50 heavy (non-hydrogen) atoms. The predicted octanol–water partition coefficient (Wildman–Crippen LogP) is 4.76. The summed E-state index contributed by atoms with van der Waals surface area (Å²) in [6, 6.07) is 9.56. The molecule has 0 atom stereocenters. The van der Waals surface area contributed by atoms with E-state index >= 15 is 0 Å². The molecule has 0 amide bonds. The summed E-state index contributed by atoms with van der Waals surface area (Å²) >= 11 is 0. The van der Waals surface area contributed by atoms with Gasteiger partial charge in [-0.15, -0.1) is 0 Å². The van der Waals surface area contributed by atoms with Crippen molar-refractivity contribution in [2.24, 2.45) is 0 Å². The molecule has 0 unspecified atom stereocenters. The van der Waals surface area contributed by atoms with Gasteiger partial charge in [0.05, 0.1) is 36.8 Å². The predicted molar refractivity (Wildman–Crippen MR) is 191 cm³/mol. The number of hydrogen-bond acceptors (Lipinski definition) is 9. The van der Waals surface area contributed by atoms with E-state index in [1.165, 1.54) is 18.2 Å². The highest BCUT2D eigenvalue weighted by Crippen LogP contribution is 2.42. The normalized spacial score (nSPS) is 14.1. The van der Waals surface area contributed by atoms with Crippen LogP contribution in [0.25, 0.3) is 17.0 Å². The Morgan fingerprint density at radius 2 is 1.64 bits per heavy atom. The fourth-order valence-corrected chi connectivity index (χ4v) is 6.46. The molecule has 272 valence electrons. The summed E-state index contributed by atoms with van der Waals surface area (Å²) < 4.78 is 43.4. The molecule has 0 saturated heterocycles. The Kier molecular flexibility index (Phi) is 12.8. The van der Waals surface area contributed by atoms with Gasteiger partial charge in [-0.05, 0) is 70.9 Å². The molecular weight excluding hydrogens is 666 g/mol. The van der Waals surface area contributed by atoms with E-state index in [1.54, 1.807) is 24.3 Å². The summed E-state index contributed by atoms with van der Waals surface area (Å²) in [5, 5.41) is 28.7. The number of benzene rings is 2. The van der Waals surface area contributed by atoms with Crippen LogP contribution in [-0.4, -0.2) is 102 Å². The van der Waals surface area contributed by atoms with E-state index in [4.69, 9.17) is 14.6 Å². The van der Waals surface area contributed by atoms with Crippen LogP contribution in [0, 0.1) is 0 Å². The second kappa shape index (κ2) is 16.0. The summed E-state index contributed by atoms with van der Waals surface area (Å²) in [5.41, 5.74) is 1.70. The Bertz CT molecular complexity index is 1970. The van der Waals surface area contributed by atoms with Crippen molar-refractivity contribution in [3.05, 3.63) is 64.0 Å². The number of aliphatic carboxylic acids is 2. The number of fused-ring (bicyclic) bond motifs is 2. The van der Waals surface area contributed by atoms with Gasteiger partial charge in [-0.3, -0.25) is 4.79 Å². The molecule has 0 bridgehead atoms. The third kappa shape index (κ3) is 9.79. The van der Waals surface area contributed by atoms with Gasteiger partial charge in [0, 0.05) is 55.4 Å². The van der Waals surface area contributed by atoms with Crippen LogP contribution in [-0.2, 0) is 25.1 Å². The number of carboxylic acid groups (broad SMARTS) is 2. The zero-order valence-corrected chi connectivity index (χ0v) is 30.5. The van der Waals surface area contributed by atoms with Crippen molar-refractivity contribution in [2.45, 2.75) is 63.7 Å². The maximum absolute atomic E-state index is 13.0. The lowest BCUT2D eigenvalue weighted by Gasteiger charge is -2.21. The smallest absolute Gasteiger partial charge is 0.359 e. The lowest BCUT2D eigenvalue weighted by molar-refractivity contribution is -0.862. The van der Waals surface area contributed by atoms with E-state index in [2.05, 4.69) is 4.90 Å². The fourth-order valence-electron chi connectivity index (χ4n) is 5.96. The van der Waals surface area contributed by atoms with E-state index in [0.717, 1.165) is 18.8 Å². The van der Waals surface area contributed by atoms with E-state index in [-0.39, 0.29) is 34.8 Å². The molecule has 2 heterocycles. The minimum absolute atomic E-state index is 0.0263. The van der Waals surface area contributed by atoms with Crippen molar-refractivity contribution in [1.29, 1.82) is 0 Å². The molecule has 0 spiro atoms. The van der Waals surface area contributed by atoms with Gasteiger partial charge in [-0.2, -0.15) is 4.58 Å². The number of quaternary nitrogens is 1. The third-order valence-electron chi connectivity index (χ3n) is 8.47. The number of likely N-dealkylation sites (N-methyl/N-ethyl adjacent to an activating group) is 1. The molecule has 0 saturated carbocycles. The van der Waals surface area contributed by atoms with Crippen LogP contribution in [0.2, 0.25) is 0 Å². The van der Waals surface area contributed by atoms with Crippen LogP contribution in [0.15, 0.2) is 56.6 Å². The summed E-state index contributed by atoms with van der Waals surface area (Å²) in [6.45, 7) is 10.0. The Hall–Kier alpha value is -4.53. The summed E-state index contributed by atoms with van der Waals surface area (Å²) in [4.78, 5) is 35.7. The summed E-state index contributed by atoms with van der Waals surface area (Å²) in [5.74, 6) is -1.82. The Morgan fingerprint density at radius 1 is 0.980 bits per heavy atom. The molecule has 2 aromatic carbocycles. The van der Waals surface area contributed by atoms with Gasteiger partial charge in [0.25, 0.3) is 0 Å². The monoisotopic (exact) mass is 714 g/mol. The third-order valence-corrected chi connectivity index (χ3v) is 9.30. The number of aromatic hydroxyl groups is 1. The minimum Gasteiger partial charge on any atom is -0.744 e. The second-order valence-electron chi connectivity index (χ2n) is 13.7. The van der Waals surface area contributed by atoms with Crippen LogP contribution in [0.5, 0.6) is 5.75 Å². The number of unbranched alkanes of at least 4 members (excludes halogenated alkanes) is 2. The topological polar surface area (TPSA) is 188 Å². The van der Waals surface area contributed by atoms with Crippen LogP contribution in [0.3, 0.4) is 0 Å². The van der Waals surface area contributed by atoms with Crippen LogP contribution in [0.1, 0.15) is 64.5 Å². The number of carbonyl (C=O) groups is 2. The Morgan fingerprint density at radius 3 is 2.18 bits per heavy atom. The highest BCUT2D eigenvalue weighted by atomic mass is 32.2. The van der Waals surface area contributed by atoms with Crippen LogP contribution in [0.4, 0.5) is 11.4 Å². The first-order chi connectivity index (χ1) is 23.2. The molecular formula is C36H48N3O10S+. The van der Waals surface area contributed by atoms with Crippen molar-refractivity contribution in [3.8, 4) is 5.75 Å². The van der Waals surface area contributed by atoms with Crippen molar-refractivity contribution < 1.29 is 51.4 Å². The lowest BCUT2D eigenvalue weighted by atomic mass is 9.81. The molecule has 4 rings (SSSR count). The fraction of sp³-hybridized carbons (Fsp3) is 0.444. The average molecular weight is 715 g/mol. The molecule has 0 radical (unpaired) electrons. The largest absolute Gasteiger partial charge is 0.744 e. The number of rotatable bonds is 14. The molecule has 0 fully saturated rings. The molecule has 14 heteroatoms. The minimum atomic E-state index is -4.68. The van der Waals surface area contributed by atoms with Gasteiger partial charge < -0.3 is 33.7 Å². The molecule has 3 N–H and O–H groups in total. The number of allylic oxidation sites excluding steroid dienone is 1. The first-order valence-electron chi connectivity index (χ1n) is 16.4. The highest BCUT2D eigenvalue weighted by Gasteiger charge is 2.44. The van der Waals surface area contributed by atoms with Crippen molar-refractivity contribution in [3.63, 3.8) is 0 Å². The average Bonchev–Trinajstić information content (AvgIpc) is 3.20. The van der Waals surface area contributed by atoms with Crippen molar-refractivity contribution in [1.82, 2.24) is 0 Å². The quantitative estimate of drug-likeness (QED) is 0.0687. The summed E-state index contributed by atoms with van der Waals surface area (Å²) in [6.07, 6.45) is 5.08. The first kappa shape index (κ1) is 39.9. The van der Waals surface area contributed by atoms with Gasteiger partial charge in [0.2, 0.25) is 5.69 Å². The molecule has 1 aliphatic heterocycles. The Labute approximate surface area is 292 Å². The van der Waals surface area contributed by atoms with Crippen LogP contribution >= 0.6 is 0 Å². The van der Waals surface area contributed by atoms with Gasteiger partial charge in [-0.25, -0.2) is 18.0 Å². The maximum Gasteiger partial charge on any atom is 0.359 e. The first-order valence-corrected chi connectivity index (χ1v) is 17.8. The zero-order chi connectivity index (χ0) is 37.6. The number of anilines is 1. The van der Waals surface area contributed by atoms with E-state index in [0.29, 0.717) is 52.6 Å². The van der Waals surface area contributed by atoms with Crippen molar-refractivity contribution >= 4 is 56.2 Å². The zero-order valence-electron chi connectivity index (χ0n) is 29.7. The summed E-state index contributed by atoms with van der Waals surface area (Å²) in [7, 11) is 0.842. The van der Waals surface area contributed by atoms with Crippen LogP contribution < -0.4 is 10.5 Å². The van der Waals surface area contributed by atoms with E-state index in [1.807, 2.05) is 59.5 Å². The number of nitrogens with zero attached hydrogens (tertiary/aromatic N) is 3. The number of carboxylic acids is 2. The maximum atomic E-state index is 13.0. The van der Waals surface area contributed by atoms with Gasteiger partial charge >= 0.3 is 17.6 Å². The van der Waals surface area contributed by atoms with E-state index < -0.39 is 33.1 Å². The second-order valence-corrected chi connectivity index (χ2v) is 15.1. The lowest BCUT2D eigenvalue weighted by Crippen LogP contribution is -2.39. The highest BCUT2D eigenvalue weighted by molar-refractivity contribution is 7.85. The number of hydrogen-bond donors (Lipinski definition) is 3. The molecule has 0 aliphatic carbocycles. The molecule has 1 aliphatic rings. The molecule has 1 aromatic heterocycles. The molecule has 13 nitrogen and oxygen atoms in total.